The van der Waals surface area contributed by atoms with E-state index in [1.165, 1.54) is 24.4 Å². The first-order chi connectivity index (χ1) is 10.5. The van der Waals surface area contributed by atoms with E-state index in [2.05, 4.69) is 10.5 Å². The van der Waals surface area contributed by atoms with Crippen LogP contribution in [-0.2, 0) is 0 Å². The van der Waals surface area contributed by atoms with Crippen LogP contribution in [0.5, 0.6) is 5.75 Å². The second kappa shape index (κ2) is 6.68. The number of nitro benzene ring substituents is 1. The number of rotatable bonds is 4. The number of phenolic OH excluding ortho intramolecular Hbond substituents is 1. The van der Waals surface area contributed by atoms with E-state index < -0.39 is 22.3 Å². The molecule has 0 aliphatic rings. The first kappa shape index (κ1) is 15.5. The van der Waals surface area contributed by atoms with Crippen LogP contribution in [0.25, 0.3) is 0 Å². The van der Waals surface area contributed by atoms with E-state index in [4.69, 9.17) is 11.6 Å². The summed E-state index contributed by atoms with van der Waals surface area (Å²) in [5.74, 6) is -0.905. The largest absolute Gasteiger partial charge is 0.502 e. The van der Waals surface area contributed by atoms with Crippen molar-refractivity contribution < 1.29 is 14.8 Å². The average Bonchev–Trinajstić information content (AvgIpc) is 2.48. The summed E-state index contributed by atoms with van der Waals surface area (Å²) < 4.78 is 0. The first-order valence-corrected chi connectivity index (χ1v) is 6.41. The van der Waals surface area contributed by atoms with E-state index in [0.717, 1.165) is 6.07 Å². The lowest BCUT2D eigenvalue weighted by molar-refractivity contribution is -0.385. The Morgan fingerprint density at radius 2 is 2.09 bits per heavy atom. The van der Waals surface area contributed by atoms with Crippen LogP contribution in [0.1, 0.15) is 15.9 Å². The SMILES string of the molecule is O=C(N/N=C/c1ccc(O)c([N+](=O)[O-])c1)c1cccc(Cl)c1. The third-order valence-corrected chi connectivity index (χ3v) is 2.90. The van der Waals surface area contributed by atoms with E-state index in [9.17, 15) is 20.0 Å². The van der Waals surface area contributed by atoms with Gasteiger partial charge in [-0.1, -0.05) is 17.7 Å². The summed E-state index contributed by atoms with van der Waals surface area (Å²) >= 11 is 5.77. The fourth-order valence-corrected chi connectivity index (χ4v) is 1.82. The summed E-state index contributed by atoms with van der Waals surface area (Å²) in [4.78, 5) is 21.8. The summed E-state index contributed by atoms with van der Waals surface area (Å²) in [6.07, 6.45) is 1.23. The molecular weight excluding hydrogens is 310 g/mol. The average molecular weight is 320 g/mol. The lowest BCUT2D eigenvalue weighted by Gasteiger charge is -2.00. The molecule has 2 rings (SSSR count). The standard InChI is InChI=1S/C14H10ClN3O4/c15-11-3-1-2-10(7-11)14(20)17-16-8-9-4-5-13(19)12(6-9)18(21)22/h1-8,19H,(H,17,20)/b16-8+. The quantitative estimate of drug-likeness (QED) is 0.513. The predicted molar refractivity (Wildman–Crippen MR) is 81.3 cm³/mol. The van der Waals surface area contributed by atoms with Crippen LogP contribution < -0.4 is 5.43 Å². The molecule has 0 saturated carbocycles. The molecule has 0 aromatic heterocycles. The molecule has 0 atom stereocenters. The summed E-state index contributed by atoms with van der Waals surface area (Å²) in [5, 5.41) is 24.1. The Morgan fingerprint density at radius 1 is 1.32 bits per heavy atom. The van der Waals surface area contributed by atoms with Gasteiger partial charge in [-0.2, -0.15) is 5.10 Å². The summed E-state index contributed by atoms with van der Waals surface area (Å²) in [6.45, 7) is 0. The second-order valence-electron chi connectivity index (χ2n) is 4.21. The second-order valence-corrected chi connectivity index (χ2v) is 4.65. The number of hydrazone groups is 1. The molecule has 0 radical (unpaired) electrons. The number of hydrogen-bond donors (Lipinski definition) is 2. The smallest absolute Gasteiger partial charge is 0.311 e. The molecule has 2 aromatic rings. The molecule has 2 aromatic carbocycles. The Kier molecular flexibility index (Phi) is 4.70. The number of nitrogens with zero attached hydrogens (tertiary/aromatic N) is 2. The van der Waals surface area contributed by atoms with Gasteiger partial charge in [0, 0.05) is 22.2 Å². The van der Waals surface area contributed by atoms with Crippen LogP contribution in [0.15, 0.2) is 47.6 Å². The van der Waals surface area contributed by atoms with Crippen LogP contribution in [0.2, 0.25) is 5.02 Å². The molecule has 0 heterocycles. The van der Waals surface area contributed by atoms with Crippen molar-refractivity contribution in [1.82, 2.24) is 5.43 Å². The maximum absolute atomic E-state index is 11.8. The molecule has 22 heavy (non-hydrogen) atoms. The molecular formula is C14H10ClN3O4. The molecule has 1 amide bonds. The van der Waals surface area contributed by atoms with E-state index >= 15 is 0 Å². The third kappa shape index (κ3) is 3.80. The van der Waals surface area contributed by atoms with Crippen molar-refractivity contribution >= 4 is 29.4 Å². The number of nitrogens with one attached hydrogen (secondary N) is 1. The van der Waals surface area contributed by atoms with Crippen LogP contribution in [0.4, 0.5) is 5.69 Å². The highest BCUT2D eigenvalue weighted by Gasteiger charge is 2.12. The molecule has 0 spiro atoms. The number of halogens is 1. The Labute approximate surface area is 130 Å². The molecule has 0 unspecified atom stereocenters. The van der Waals surface area contributed by atoms with Crippen molar-refractivity contribution in [2.45, 2.75) is 0 Å². The minimum atomic E-state index is -0.711. The van der Waals surface area contributed by atoms with Crippen molar-refractivity contribution in [2.75, 3.05) is 0 Å². The normalized spacial score (nSPS) is 10.6. The van der Waals surface area contributed by atoms with Gasteiger partial charge >= 0.3 is 5.69 Å². The predicted octanol–water partition coefficient (Wildman–Crippen LogP) is 2.72. The zero-order chi connectivity index (χ0) is 16.1. The number of carbonyl (C=O) groups is 1. The van der Waals surface area contributed by atoms with Crippen molar-refractivity contribution in [1.29, 1.82) is 0 Å². The highest BCUT2D eigenvalue weighted by atomic mass is 35.5. The minimum absolute atomic E-state index is 0.335. The molecule has 0 aliphatic heterocycles. The molecule has 2 N–H and O–H groups in total. The molecule has 0 fully saturated rings. The fourth-order valence-electron chi connectivity index (χ4n) is 1.63. The number of nitro groups is 1. The topological polar surface area (TPSA) is 105 Å². The zero-order valence-corrected chi connectivity index (χ0v) is 11.8. The van der Waals surface area contributed by atoms with Gasteiger partial charge in [0.25, 0.3) is 5.91 Å². The molecule has 8 heteroatoms. The minimum Gasteiger partial charge on any atom is -0.502 e. The lowest BCUT2D eigenvalue weighted by atomic mass is 10.2. The number of aromatic hydroxyl groups is 1. The monoisotopic (exact) mass is 319 g/mol. The maximum atomic E-state index is 11.8. The number of benzene rings is 2. The van der Waals surface area contributed by atoms with Crippen LogP contribution in [0.3, 0.4) is 0 Å². The molecule has 0 saturated heterocycles. The molecule has 0 aliphatic carbocycles. The van der Waals surface area contributed by atoms with Gasteiger partial charge in [0.05, 0.1) is 11.1 Å². The van der Waals surface area contributed by atoms with E-state index in [-0.39, 0.29) is 0 Å². The number of amides is 1. The maximum Gasteiger partial charge on any atom is 0.311 e. The third-order valence-electron chi connectivity index (χ3n) is 2.66. The highest BCUT2D eigenvalue weighted by molar-refractivity contribution is 6.30. The van der Waals surface area contributed by atoms with Crippen molar-refractivity contribution in [3.05, 3.63) is 68.7 Å². The van der Waals surface area contributed by atoms with Gasteiger partial charge in [0.15, 0.2) is 5.75 Å². The summed E-state index contributed by atoms with van der Waals surface area (Å²) in [6, 6.07) is 10.1. The lowest BCUT2D eigenvalue weighted by Crippen LogP contribution is -2.17. The zero-order valence-electron chi connectivity index (χ0n) is 11.1. The molecule has 112 valence electrons. The summed E-state index contributed by atoms with van der Waals surface area (Å²) in [5.41, 5.74) is 2.53. The van der Waals surface area contributed by atoms with Crippen LogP contribution in [-0.4, -0.2) is 22.2 Å². The van der Waals surface area contributed by atoms with Gasteiger partial charge < -0.3 is 5.11 Å². The van der Waals surface area contributed by atoms with Gasteiger partial charge in [-0.3, -0.25) is 14.9 Å². The Morgan fingerprint density at radius 3 is 2.77 bits per heavy atom. The number of phenols is 1. The van der Waals surface area contributed by atoms with Gasteiger partial charge in [-0.15, -0.1) is 0 Å². The van der Waals surface area contributed by atoms with Crippen molar-refractivity contribution in [3.8, 4) is 5.75 Å². The van der Waals surface area contributed by atoms with E-state index in [1.54, 1.807) is 18.2 Å². The molecule has 7 nitrogen and oxygen atoms in total. The van der Waals surface area contributed by atoms with Crippen LogP contribution >= 0.6 is 11.6 Å². The number of carbonyl (C=O) groups excluding carboxylic acids is 1. The van der Waals surface area contributed by atoms with Gasteiger partial charge in [0.2, 0.25) is 0 Å². The van der Waals surface area contributed by atoms with Gasteiger partial charge in [-0.25, -0.2) is 5.43 Å². The fraction of sp³-hybridized carbons (Fsp3) is 0. The Bertz CT molecular complexity index is 762. The Hall–Kier alpha value is -2.93. The van der Waals surface area contributed by atoms with Gasteiger partial charge in [0.1, 0.15) is 0 Å². The number of hydrogen-bond acceptors (Lipinski definition) is 5. The summed E-state index contributed by atoms with van der Waals surface area (Å²) in [7, 11) is 0. The Balaban J connectivity index is 2.08. The first-order valence-electron chi connectivity index (χ1n) is 6.04. The van der Waals surface area contributed by atoms with Crippen LogP contribution in [0, 0.1) is 10.1 Å². The van der Waals surface area contributed by atoms with Crippen molar-refractivity contribution in [2.24, 2.45) is 5.10 Å². The molecule has 0 bridgehead atoms. The highest BCUT2D eigenvalue weighted by Crippen LogP contribution is 2.25. The van der Waals surface area contributed by atoms with Crippen molar-refractivity contribution in [3.63, 3.8) is 0 Å². The van der Waals surface area contributed by atoms with E-state index in [1.807, 2.05) is 0 Å². The van der Waals surface area contributed by atoms with E-state index in [0.29, 0.717) is 16.1 Å². The van der Waals surface area contributed by atoms with Gasteiger partial charge in [-0.05, 0) is 30.3 Å².